The Kier molecular flexibility index (Phi) is 3.06. The molecule has 5 nitrogen and oxygen atoms in total. The fourth-order valence-electron chi connectivity index (χ4n) is 2.00. The smallest absolute Gasteiger partial charge is 0.333 e. The molecular weight excluding hydrogens is 237 g/mol. The number of carbonyl (C=O) groups excluding carboxylic acids is 1. The summed E-state index contributed by atoms with van der Waals surface area (Å²) in [6.45, 7) is 0.234. The number of nitriles is 1. The molecule has 1 aliphatic heterocycles. The third kappa shape index (κ3) is 1.84. The van der Waals surface area contributed by atoms with Crippen LogP contribution < -0.4 is 4.74 Å². The Bertz CT molecular complexity index is 527. The first-order valence-electron chi connectivity index (χ1n) is 5.36. The van der Waals surface area contributed by atoms with Crippen molar-refractivity contribution in [3.63, 3.8) is 0 Å². The molecule has 1 aromatic rings. The van der Waals surface area contributed by atoms with Gasteiger partial charge in [0.2, 0.25) is 0 Å². The van der Waals surface area contributed by atoms with Crippen molar-refractivity contribution in [2.45, 2.75) is 6.04 Å². The Morgan fingerprint density at radius 3 is 2.78 bits per heavy atom. The zero-order chi connectivity index (χ0) is 13.3. The van der Waals surface area contributed by atoms with Crippen molar-refractivity contribution in [2.24, 2.45) is 0 Å². The van der Waals surface area contributed by atoms with Crippen molar-refractivity contribution in [3.8, 4) is 11.9 Å². The van der Waals surface area contributed by atoms with Gasteiger partial charge in [0.25, 0.3) is 0 Å². The van der Waals surface area contributed by atoms with E-state index in [-0.39, 0.29) is 24.4 Å². The minimum Gasteiger partial charge on any atom is -0.494 e. The highest BCUT2D eigenvalue weighted by molar-refractivity contribution is 5.78. The molecule has 0 aliphatic carbocycles. The number of rotatable bonds is 2. The van der Waals surface area contributed by atoms with E-state index in [9.17, 15) is 9.18 Å². The summed E-state index contributed by atoms with van der Waals surface area (Å²) < 4.78 is 18.4. The lowest BCUT2D eigenvalue weighted by molar-refractivity contribution is 0.205. The number of methoxy groups -OCH3 is 1. The van der Waals surface area contributed by atoms with E-state index in [1.165, 1.54) is 24.1 Å². The van der Waals surface area contributed by atoms with Crippen LogP contribution in [0, 0.1) is 17.3 Å². The van der Waals surface area contributed by atoms with Gasteiger partial charge in [-0.25, -0.2) is 14.1 Å². The molecule has 1 fully saturated rings. The molecule has 18 heavy (non-hydrogen) atoms. The monoisotopic (exact) mass is 249 g/mol. The molecule has 0 spiro atoms. The van der Waals surface area contributed by atoms with Gasteiger partial charge in [-0.05, 0) is 17.7 Å². The summed E-state index contributed by atoms with van der Waals surface area (Å²) in [4.78, 5) is 14.1. The number of carbonyl (C=O) groups is 1. The van der Waals surface area contributed by atoms with E-state index in [4.69, 9.17) is 10.00 Å². The second-order valence-electron chi connectivity index (χ2n) is 4.01. The fourth-order valence-corrected chi connectivity index (χ4v) is 2.00. The molecule has 1 heterocycles. The molecule has 1 aromatic carbocycles. The van der Waals surface area contributed by atoms with Crippen LogP contribution in [0.15, 0.2) is 18.2 Å². The van der Waals surface area contributed by atoms with E-state index in [0.29, 0.717) is 5.56 Å². The topological polar surface area (TPSA) is 56.6 Å². The van der Waals surface area contributed by atoms with E-state index in [1.807, 2.05) is 0 Å². The molecule has 1 saturated heterocycles. The molecular formula is C12H12FN3O2. The highest BCUT2D eigenvalue weighted by Gasteiger charge is 2.36. The van der Waals surface area contributed by atoms with Crippen molar-refractivity contribution in [1.82, 2.24) is 9.80 Å². The minimum absolute atomic E-state index is 0.155. The average molecular weight is 249 g/mol. The maximum atomic E-state index is 13.6. The summed E-state index contributed by atoms with van der Waals surface area (Å²) >= 11 is 0. The van der Waals surface area contributed by atoms with Crippen LogP contribution in [-0.2, 0) is 0 Å². The molecule has 0 N–H and O–H groups in total. The summed E-state index contributed by atoms with van der Waals surface area (Å²) in [6, 6.07) is 3.83. The molecule has 6 heteroatoms. The van der Waals surface area contributed by atoms with Gasteiger partial charge in [0, 0.05) is 7.05 Å². The van der Waals surface area contributed by atoms with Crippen molar-refractivity contribution in [1.29, 1.82) is 5.26 Å². The first-order valence-corrected chi connectivity index (χ1v) is 5.36. The number of nitrogens with zero attached hydrogens (tertiary/aromatic N) is 3. The molecule has 1 aliphatic rings. The highest BCUT2D eigenvalue weighted by Crippen LogP contribution is 2.30. The zero-order valence-corrected chi connectivity index (χ0v) is 10.1. The van der Waals surface area contributed by atoms with Crippen LogP contribution >= 0.6 is 0 Å². The Hall–Kier alpha value is -2.29. The lowest BCUT2D eigenvalue weighted by Gasteiger charge is -2.18. The van der Waals surface area contributed by atoms with Gasteiger partial charge >= 0.3 is 6.03 Å². The zero-order valence-electron chi connectivity index (χ0n) is 10.1. The number of halogens is 1. The number of urea groups is 1. The van der Waals surface area contributed by atoms with E-state index in [2.05, 4.69) is 0 Å². The highest BCUT2D eigenvalue weighted by atomic mass is 19.1. The second-order valence-corrected chi connectivity index (χ2v) is 4.01. The first-order chi connectivity index (χ1) is 8.58. The molecule has 2 rings (SSSR count). The van der Waals surface area contributed by atoms with Gasteiger partial charge in [-0.2, -0.15) is 5.26 Å². The third-order valence-corrected chi connectivity index (χ3v) is 3.04. The number of benzene rings is 1. The van der Waals surface area contributed by atoms with Gasteiger partial charge in [0.1, 0.15) is 0 Å². The minimum atomic E-state index is -0.480. The Labute approximate surface area is 104 Å². The second kappa shape index (κ2) is 4.53. The van der Waals surface area contributed by atoms with Gasteiger partial charge in [-0.1, -0.05) is 6.07 Å². The van der Waals surface area contributed by atoms with Crippen LogP contribution in [0.3, 0.4) is 0 Å². The van der Waals surface area contributed by atoms with Crippen LogP contribution in [0.1, 0.15) is 11.6 Å². The molecule has 94 valence electrons. The van der Waals surface area contributed by atoms with Crippen LogP contribution in [0.4, 0.5) is 9.18 Å². The predicted octanol–water partition coefficient (Wildman–Crippen LogP) is 1.72. The van der Waals surface area contributed by atoms with Crippen molar-refractivity contribution >= 4 is 6.03 Å². The van der Waals surface area contributed by atoms with Crippen molar-refractivity contribution < 1.29 is 13.9 Å². The fraction of sp³-hybridized carbons (Fsp3) is 0.333. The van der Waals surface area contributed by atoms with Crippen LogP contribution in [0.5, 0.6) is 5.75 Å². The molecule has 2 amide bonds. The first kappa shape index (κ1) is 12.2. The standard InChI is InChI=1S/C12H12FN3O2/c1-15-10(6-16(7-14)12(15)17)8-3-4-11(18-2)9(13)5-8/h3-5,10H,6H2,1-2H3. The van der Waals surface area contributed by atoms with Gasteiger partial charge in [-0.15, -0.1) is 0 Å². The number of ether oxygens (including phenoxy) is 1. The number of hydrogen-bond donors (Lipinski definition) is 0. The largest absolute Gasteiger partial charge is 0.494 e. The molecule has 0 aromatic heterocycles. The summed E-state index contributed by atoms with van der Waals surface area (Å²) in [6.07, 6.45) is 1.80. The Morgan fingerprint density at radius 1 is 1.56 bits per heavy atom. The van der Waals surface area contributed by atoms with E-state index < -0.39 is 5.82 Å². The Morgan fingerprint density at radius 2 is 2.28 bits per heavy atom. The van der Waals surface area contributed by atoms with Crippen molar-refractivity contribution in [3.05, 3.63) is 29.6 Å². The van der Waals surface area contributed by atoms with Gasteiger partial charge in [0.05, 0.1) is 19.7 Å². The predicted molar refractivity (Wildman–Crippen MR) is 61.2 cm³/mol. The molecule has 1 atom stereocenters. The number of hydrogen-bond acceptors (Lipinski definition) is 3. The van der Waals surface area contributed by atoms with Crippen LogP contribution in [-0.4, -0.2) is 36.5 Å². The average Bonchev–Trinajstić information content (AvgIpc) is 2.66. The molecule has 0 radical (unpaired) electrons. The maximum absolute atomic E-state index is 13.6. The summed E-state index contributed by atoms with van der Waals surface area (Å²) in [5, 5.41) is 8.79. The third-order valence-electron chi connectivity index (χ3n) is 3.04. The van der Waals surface area contributed by atoms with E-state index in [0.717, 1.165) is 4.90 Å². The van der Waals surface area contributed by atoms with Gasteiger partial charge < -0.3 is 9.64 Å². The maximum Gasteiger partial charge on any atom is 0.333 e. The summed E-state index contributed by atoms with van der Waals surface area (Å²) in [5.41, 5.74) is 0.641. The van der Waals surface area contributed by atoms with E-state index in [1.54, 1.807) is 19.3 Å². The molecule has 1 unspecified atom stereocenters. The molecule has 0 bridgehead atoms. The Balaban J connectivity index is 2.31. The lowest BCUT2D eigenvalue weighted by Crippen LogP contribution is -2.26. The normalized spacial score (nSPS) is 19.0. The summed E-state index contributed by atoms with van der Waals surface area (Å²) in [7, 11) is 2.98. The SMILES string of the molecule is COc1ccc(C2CN(C#N)C(=O)N2C)cc1F. The van der Waals surface area contributed by atoms with Crippen molar-refractivity contribution in [2.75, 3.05) is 20.7 Å². The van der Waals surface area contributed by atoms with E-state index >= 15 is 0 Å². The number of likely N-dealkylation sites (N-methyl/N-ethyl adjacent to an activating group) is 1. The van der Waals surface area contributed by atoms with Gasteiger partial charge in [0.15, 0.2) is 17.8 Å². The van der Waals surface area contributed by atoms with Gasteiger partial charge in [-0.3, -0.25) is 0 Å². The number of amides is 2. The lowest BCUT2D eigenvalue weighted by atomic mass is 10.1. The molecule has 0 saturated carbocycles. The quantitative estimate of drug-likeness (QED) is 0.750. The summed E-state index contributed by atoms with van der Waals surface area (Å²) in [5.74, 6) is -0.325. The van der Waals surface area contributed by atoms with Crippen LogP contribution in [0.25, 0.3) is 0 Å². The van der Waals surface area contributed by atoms with Crippen LogP contribution in [0.2, 0.25) is 0 Å².